The van der Waals surface area contributed by atoms with Crippen molar-refractivity contribution in [2.75, 3.05) is 0 Å². The standard InChI is InChI=1S/C19H25NO4/c1-5-8-16(21)23-15-12-11-13-9-6-7-10-14(13)17(15)20-18(22)24-19(2,3)4/h6-7,9-12,15,17H,5,8H2,1-4H3,(H,20,22)/t15-,17-/m0/s1. The minimum atomic E-state index is -0.595. The van der Waals surface area contributed by atoms with E-state index in [1.807, 2.05) is 37.3 Å². The second-order valence-electron chi connectivity index (χ2n) is 6.82. The molecule has 0 radical (unpaired) electrons. The molecule has 0 saturated carbocycles. The third-order valence-corrected chi connectivity index (χ3v) is 3.52. The minimum Gasteiger partial charge on any atom is -0.456 e. The maximum atomic E-state index is 12.2. The van der Waals surface area contributed by atoms with E-state index in [1.165, 1.54) is 0 Å². The number of carbonyl (C=O) groups is 2. The van der Waals surface area contributed by atoms with E-state index in [0.29, 0.717) is 6.42 Å². The monoisotopic (exact) mass is 331 g/mol. The van der Waals surface area contributed by atoms with Gasteiger partial charge in [0.15, 0.2) is 0 Å². The molecule has 0 heterocycles. The van der Waals surface area contributed by atoms with E-state index >= 15 is 0 Å². The zero-order valence-electron chi connectivity index (χ0n) is 14.7. The predicted molar refractivity (Wildman–Crippen MR) is 92.4 cm³/mol. The van der Waals surface area contributed by atoms with Gasteiger partial charge in [0.1, 0.15) is 11.7 Å². The lowest BCUT2D eigenvalue weighted by Gasteiger charge is -2.31. The Kier molecular flexibility index (Phi) is 5.65. The summed E-state index contributed by atoms with van der Waals surface area (Å²) in [5, 5.41) is 2.84. The molecule has 1 aromatic rings. The van der Waals surface area contributed by atoms with E-state index in [1.54, 1.807) is 26.8 Å². The Morgan fingerprint density at radius 1 is 1.21 bits per heavy atom. The van der Waals surface area contributed by atoms with Crippen molar-refractivity contribution >= 4 is 18.1 Å². The summed E-state index contributed by atoms with van der Waals surface area (Å²) in [6.07, 6.45) is 3.70. The van der Waals surface area contributed by atoms with Gasteiger partial charge in [0.25, 0.3) is 0 Å². The third-order valence-electron chi connectivity index (χ3n) is 3.52. The van der Waals surface area contributed by atoms with Gasteiger partial charge in [-0.25, -0.2) is 4.79 Å². The average molecular weight is 331 g/mol. The lowest BCUT2D eigenvalue weighted by Crippen LogP contribution is -2.41. The molecule has 0 bridgehead atoms. The van der Waals surface area contributed by atoms with Crippen LogP contribution in [0.4, 0.5) is 4.79 Å². The first-order valence-electron chi connectivity index (χ1n) is 8.26. The Morgan fingerprint density at radius 2 is 1.92 bits per heavy atom. The normalized spacial score (nSPS) is 19.3. The van der Waals surface area contributed by atoms with Gasteiger partial charge < -0.3 is 14.8 Å². The molecule has 2 atom stereocenters. The highest BCUT2D eigenvalue weighted by molar-refractivity contribution is 5.72. The minimum absolute atomic E-state index is 0.275. The number of carbonyl (C=O) groups excluding carboxylic acids is 2. The van der Waals surface area contributed by atoms with Crippen LogP contribution >= 0.6 is 0 Å². The topological polar surface area (TPSA) is 64.6 Å². The summed E-state index contributed by atoms with van der Waals surface area (Å²) in [6.45, 7) is 7.34. The van der Waals surface area contributed by atoms with Gasteiger partial charge in [-0.1, -0.05) is 37.3 Å². The van der Waals surface area contributed by atoms with Crippen molar-refractivity contribution in [1.29, 1.82) is 0 Å². The van der Waals surface area contributed by atoms with Crippen LogP contribution in [0.1, 0.15) is 57.7 Å². The number of alkyl carbamates (subject to hydrolysis) is 1. The second kappa shape index (κ2) is 7.51. The fourth-order valence-corrected chi connectivity index (χ4v) is 2.55. The van der Waals surface area contributed by atoms with Gasteiger partial charge >= 0.3 is 12.1 Å². The number of hydrogen-bond acceptors (Lipinski definition) is 4. The lowest BCUT2D eigenvalue weighted by molar-refractivity contribution is -0.148. The summed E-state index contributed by atoms with van der Waals surface area (Å²) < 4.78 is 10.9. The maximum absolute atomic E-state index is 12.2. The van der Waals surface area contributed by atoms with E-state index in [0.717, 1.165) is 17.5 Å². The summed E-state index contributed by atoms with van der Waals surface area (Å²) in [5.41, 5.74) is 1.30. The van der Waals surface area contributed by atoms with Crippen LogP contribution in [0, 0.1) is 0 Å². The highest BCUT2D eigenvalue weighted by Gasteiger charge is 2.31. The van der Waals surface area contributed by atoms with Crippen molar-refractivity contribution in [2.24, 2.45) is 0 Å². The zero-order valence-corrected chi connectivity index (χ0v) is 14.7. The van der Waals surface area contributed by atoms with Gasteiger partial charge in [-0.3, -0.25) is 4.79 Å². The molecule has 0 aliphatic heterocycles. The first kappa shape index (κ1) is 18.0. The number of nitrogens with one attached hydrogen (secondary N) is 1. The third kappa shape index (κ3) is 4.85. The smallest absolute Gasteiger partial charge is 0.408 e. The Labute approximate surface area is 143 Å². The number of hydrogen-bond donors (Lipinski definition) is 1. The number of benzene rings is 1. The Hall–Kier alpha value is -2.30. The van der Waals surface area contributed by atoms with E-state index in [-0.39, 0.29) is 5.97 Å². The van der Waals surface area contributed by atoms with E-state index < -0.39 is 23.8 Å². The molecule has 0 aromatic heterocycles. The Bertz CT molecular complexity index is 630. The summed E-state index contributed by atoms with van der Waals surface area (Å²) in [6, 6.07) is 7.23. The fraction of sp³-hybridized carbons (Fsp3) is 0.474. The quantitative estimate of drug-likeness (QED) is 0.847. The number of rotatable bonds is 4. The van der Waals surface area contributed by atoms with Crippen molar-refractivity contribution in [3.63, 3.8) is 0 Å². The van der Waals surface area contributed by atoms with Gasteiger partial charge in [-0.05, 0) is 44.4 Å². The molecule has 5 nitrogen and oxygen atoms in total. The Balaban J connectivity index is 2.21. The highest BCUT2D eigenvalue weighted by Crippen LogP contribution is 2.30. The van der Waals surface area contributed by atoms with Crippen LogP contribution in [0.25, 0.3) is 6.08 Å². The van der Waals surface area contributed by atoms with Crippen LogP contribution in [0.5, 0.6) is 0 Å². The molecular weight excluding hydrogens is 306 g/mol. The molecule has 0 spiro atoms. The predicted octanol–water partition coefficient (Wildman–Crippen LogP) is 3.99. The van der Waals surface area contributed by atoms with Crippen LogP contribution < -0.4 is 5.32 Å². The van der Waals surface area contributed by atoms with E-state index in [4.69, 9.17) is 9.47 Å². The van der Waals surface area contributed by atoms with Crippen molar-refractivity contribution in [3.8, 4) is 0 Å². The van der Waals surface area contributed by atoms with Gasteiger partial charge in [-0.2, -0.15) is 0 Å². The van der Waals surface area contributed by atoms with Gasteiger partial charge in [0.2, 0.25) is 0 Å². The molecule has 0 unspecified atom stereocenters. The Morgan fingerprint density at radius 3 is 2.58 bits per heavy atom. The number of esters is 1. The molecule has 1 amide bonds. The zero-order chi connectivity index (χ0) is 17.7. The van der Waals surface area contributed by atoms with Crippen LogP contribution in [-0.4, -0.2) is 23.8 Å². The number of ether oxygens (including phenoxy) is 2. The fourth-order valence-electron chi connectivity index (χ4n) is 2.55. The molecule has 1 aliphatic carbocycles. The van der Waals surface area contributed by atoms with Crippen molar-refractivity contribution in [1.82, 2.24) is 5.32 Å². The number of amides is 1. The van der Waals surface area contributed by atoms with E-state index in [2.05, 4.69) is 5.32 Å². The van der Waals surface area contributed by atoms with Crippen molar-refractivity contribution < 1.29 is 19.1 Å². The summed E-state index contributed by atoms with van der Waals surface area (Å²) in [5.74, 6) is -0.275. The molecule has 1 N–H and O–H groups in total. The molecule has 130 valence electrons. The highest BCUT2D eigenvalue weighted by atomic mass is 16.6. The van der Waals surface area contributed by atoms with Gasteiger partial charge in [0, 0.05) is 6.42 Å². The molecule has 5 heteroatoms. The first-order valence-corrected chi connectivity index (χ1v) is 8.26. The summed E-state index contributed by atoms with van der Waals surface area (Å²) >= 11 is 0. The molecule has 0 fully saturated rings. The first-order chi connectivity index (χ1) is 11.3. The van der Waals surface area contributed by atoms with Crippen molar-refractivity contribution in [3.05, 3.63) is 41.5 Å². The lowest BCUT2D eigenvalue weighted by atomic mass is 9.91. The second-order valence-corrected chi connectivity index (χ2v) is 6.82. The van der Waals surface area contributed by atoms with Gasteiger partial charge in [-0.15, -0.1) is 0 Å². The average Bonchev–Trinajstić information content (AvgIpc) is 2.48. The molecule has 2 rings (SSSR count). The van der Waals surface area contributed by atoms with Crippen LogP contribution in [0.15, 0.2) is 30.3 Å². The van der Waals surface area contributed by atoms with Crippen molar-refractivity contribution in [2.45, 2.75) is 58.3 Å². The number of fused-ring (bicyclic) bond motifs is 1. The van der Waals surface area contributed by atoms with Crippen LogP contribution in [0.3, 0.4) is 0 Å². The SMILES string of the molecule is CCCC(=O)O[C@H]1C=Cc2ccccc2[C@@H]1NC(=O)OC(C)(C)C. The molecule has 24 heavy (non-hydrogen) atoms. The van der Waals surface area contributed by atoms with Crippen LogP contribution in [-0.2, 0) is 14.3 Å². The van der Waals surface area contributed by atoms with E-state index in [9.17, 15) is 9.59 Å². The molecule has 1 aromatic carbocycles. The molecule has 1 aliphatic rings. The molecular formula is C19H25NO4. The van der Waals surface area contributed by atoms with Crippen LogP contribution in [0.2, 0.25) is 0 Å². The largest absolute Gasteiger partial charge is 0.456 e. The molecule has 0 saturated heterocycles. The summed E-state index contributed by atoms with van der Waals surface area (Å²) in [4.78, 5) is 24.1. The van der Waals surface area contributed by atoms with Gasteiger partial charge in [0.05, 0.1) is 6.04 Å². The summed E-state index contributed by atoms with van der Waals surface area (Å²) in [7, 11) is 0. The maximum Gasteiger partial charge on any atom is 0.408 e.